The average molecular weight is 280 g/mol. The van der Waals surface area contributed by atoms with Gasteiger partial charge in [-0.2, -0.15) is 0 Å². The molecule has 1 amide bonds. The normalized spacial score (nSPS) is 11.1. The lowest BCUT2D eigenvalue weighted by Crippen LogP contribution is -2.41. The Kier molecular flexibility index (Phi) is 5.39. The van der Waals surface area contributed by atoms with E-state index in [1.807, 2.05) is 33.8 Å². The Balaban J connectivity index is 2.79. The largest absolute Gasteiger partial charge is 0.493 e. The maximum atomic E-state index is 11.9. The maximum absolute atomic E-state index is 11.9. The molecular formula is C15H24N2O3. The maximum Gasteiger partial charge on any atom is 0.238 e. The van der Waals surface area contributed by atoms with Gasteiger partial charge in [0.2, 0.25) is 5.91 Å². The fourth-order valence-corrected chi connectivity index (χ4v) is 1.66. The van der Waals surface area contributed by atoms with E-state index >= 15 is 0 Å². The number of anilines is 1. The van der Waals surface area contributed by atoms with Crippen LogP contribution >= 0.6 is 0 Å². The van der Waals surface area contributed by atoms with Gasteiger partial charge in [0.1, 0.15) is 0 Å². The minimum absolute atomic E-state index is 0.0877. The molecular weight excluding hydrogens is 256 g/mol. The molecule has 0 bridgehead atoms. The summed E-state index contributed by atoms with van der Waals surface area (Å²) in [6, 6.07) is 3.61. The van der Waals surface area contributed by atoms with Gasteiger partial charge in [0.05, 0.1) is 20.8 Å². The van der Waals surface area contributed by atoms with Crippen LogP contribution in [0.1, 0.15) is 26.3 Å². The highest BCUT2D eigenvalue weighted by atomic mass is 16.5. The fourth-order valence-electron chi connectivity index (χ4n) is 1.66. The first-order chi connectivity index (χ1) is 9.26. The molecule has 0 radical (unpaired) electrons. The molecule has 5 nitrogen and oxygen atoms in total. The number of methoxy groups -OCH3 is 2. The first-order valence-corrected chi connectivity index (χ1v) is 6.54. The smallest absolute Gasteiger partial charge is 0.238 e. The van der Waals surface area contributed by atoms with Crippen molar-refractivity contribution < 1.29 is 14.3 Å². The van der Waals surface area contributed by atoms with Crippen LogP contribution in [-0.4, -0.2) is 32.2 Å². The lowest BCUT2D eigenvalue weighted by molar-refractivity contribution is -0.115. The first-order valence-electron chi connectivity index (χ1n) is 6.54. The number of hydrogen-bond acceptors (Lipinski definition) is 4. The minimum atomic E-state index is -0.0933. The molecule has 0 fully saturated rings. The number of aryl methyl sites for hydroxylation is 1. The van der Waals surface area contributed by atoms with Crippen molar-refractivity contribution >= 4 is 11.6 Å². The van der Waals surface area contributed by atoms with E-state index in [0.717, 1.165) is 11.3 Å². The average Bonchev–Trinajstić information content (AvgIpc) is 2.37. The summed E-state index contributed by atoms with van der Waals surface area (Å²) in [4.78, 5) is 11.9. The van der Waals surface area contributed by atoms with Crippen LogP contribution in [0.15, 0.2) is 12.1 Å². The number of carbonyl (C=O) groups is 1. The molecule has 0 unspecified atom stereocenters. The van der Waals surface area contributed by atoms with Gasteiger partial charge in [0.15, 0.2) is 11.5 Å². The molecule has 0 aliphatic carbocycles. The first kappa shape index (κ1) is 16.3. The van der Waals surface area contributed by atoms with Crippen LogP contribution in [0.3, 0.4) is 0 Å². The number of ether oxygens (including phenoxy) is 2. The van der Waals surface area contributed by atoms with Gasteiger partial charge in [0.25, 0.3) is 0 Å². The SMILES string of the molecule is COc1cc(C)c(NC(=O)CNC(C)(C)C)cc1OC. The Morgan fingerprint density at radius 1 is 1.15 bits per heavy atom. The standard InChI is InChI=1S/C15H24N2O3/c1-10-7-12(19-5)13(20-6)8-11(10)17-14(18)9-16-15(2,3)4/h7-8,16H,9H2,1-6H3,(H,17,18). The molecule has 0 aliphatic rings. The van der Waals surface area contributed by atoms with E-state index in [0.29, 0.717) is 11.5 Å². The zero-order valence-electron chi connectivity index (χ0n) is 13.1. The number of benzene rings is 1. The third-order valence-corrected chi connectivity index (χ3v) is 2.78. The molecule has 5 heteroatoms. The van der Waals surface area contributed by atoms with Crippen LogP contribution in [0.2, 0.25) is 0 Å². The lowest BCUT2D eigenvalue weighted by Gasteiger charge is -2.20. The van der Waals surface area contributed by atoms with Crippen molar-refractivity contribution in [1.82, 2.24) is 5.32 Å². The van der Waals surface area contributed by atoms with E-state index in [-0.39, 0.29) is 18.0 Å². The molecule has 112 valence electrons. The van der Waals surface area contributed by atoms with Gasteiger partial charge < -0.3 is 20.1 Å². The summed E-state index contributed by atoms with van der Waals surface area (Å²) in [5.74, 6) is 1.16. The van der Waals surface area contributed by atoms with Crippen LogP contribution in [-0.2, 0) is 4.79 Å². The number of nitrogens with one attached hydrogen (secondary N) is 2. The summed E-state index contributed by atoms with van der Waals surface area (Å²) in [6.45, 7) is 8.22. The second-order valence-corrected chi connectivity index (χ2v) is 5.67. The monoisotopic (exact) mass is 280 g/mol. The molecule has 2 N–H and O–H groups in total. The third kappa shape index (κ3) is 4.74. The zero-order chi connectivity index (χ0) is 15.3. The highest BCUT2D eigenvalue weighted by Gasteiger charge is 2.13. The van der Waals surface area contributed by atoms with E-state index in [4.69, 9.17) is 9.47 Å². The van der Waals surface area contributed by atoms with Crippen LogP contribution in [0, 0.1) is 6.92 Å². The summed E-state index contributed by atoms with van der Waals surface area (Å²) >= 11 is 0. The lowest BCUT2D eigenvalue weighted by atomic mass is 10.1. The molecule has 20 heavy (non-hydrogen) atoms. The Bertz CT molecular complexity index is 479. The van der Waals surface area contributed by atoms with Crippen LogP contribution in [0.5, 0.6) is 11.5 Å². The van der Waals surface area contributed by atoms with Crippen molar-refractivity contribution in [2.24, 2.45) is 0 Å². The molecule has 1 aromatic carbocycles. The van der Waals surface area contributed by atoms with E-state index < -0.39 is 0 Å². The predicted octanol–water partition coefficient (Wildman–Crippen LogP) is 2.34. The topological polar surface area (TPSA) is 59.6 Å². The Morgan fingerprint density at radius 2 is 1.70 bits per heavy atom. The molecule has 1 aromatic rings. The van der Waals surface area contributed by atoms with Crippen molar-refractivity contribution in [2.45, 2.75) is 33.2 Å². The van der Waals surface area contributed by atoms with Crippen LogP contribution < -0.4 is 20.1 Å². The highest BCUT2D eigenvalue weighted by Crippen LogP contribution is 2.32. The molecule has 1 rings (SSSR count). The van der Waals surface area contributed by atoms with Crippen molar-refractivity contribution in [3.8, 4) is 11.5 Å². The van der Waals surface area contributed by atoms with E-state index in [9.17, 15) is 4.79 Å². The second-order valence-electron chi connectivity index (χ2n) is 5.67. The minimum Gasteiger partial charge on any atom is -0.493 e. The molecule has 0 atom stereocenters. The zero-order valence-corrected chi connectivity index (χ0v) is 13.1. The van der Waals surface area contributed by atoms with Crippen molar-refractivity contribution in [3.63, 3.8) is 0 Å². The van der Waals surface area contributed by atoms with Crippen molar-refractivity contribution in [1.29, 1.82) is 0 Å². The molecule has 0 aromatic heterocycles. The van der Waals surface area contributed by atoms with Gasteiger partial charge in [-0.15, -0.1) is 0 Å². The molecule has 0 saturated carbocycles. The summed E-state index contributed by atoms with van der Waals surface area (Å²) in [5.41, 5.74) is 1.55. The van der Waals surface area contributed by atoms with Crippen molar-refractivity contribution in [3.05, 3.63) is 17.7 Å². The Hall–Kier alpha value is -1.75. The quantitative estimate of drug-likeness (QED) is 0.869. The Labute approximate surface area is 120 Å². The second kappa shape index (κ2) is 6.61. The van der Waals surface area contributed by atoms with Gasteiger partial charge in [-0.25, -0.2) is 0 Å². The third-order valence-electron chi connectivity index (χ3n) is 2.78. The van der Waals surface area contributed by atoms with Gasteiger partial charge in [-0.05, 0) is 39.3 Å². The highest BCUT2D eigenvalue weighted by molar-refractivity contribution is 5.93. The van der Waals surface area contributed by atoms with Gasteiger partial charge in [-0.3, -0.25) is 4.79 Å². The Morgan fingerprint density at radius 3 is 2.20 bits per heavy atom. The molecule has 0 saturated heterocycles. The summed E-state index contributed by atoms with van der Waals surface area (Å²) < 4.78 is 10.5. The number of hydrogen-bond donors (Lipinski definition) is 2. The van der Waals surface area contributed by atoms with E-state index in [2.05, 4.69) is 10.6 Å². The molecule has 0 heterocycles. The van der Waals surface area contributed by atoms with E-state index in [1.54, 1.807) is 20.3 Å². The van der Waals surface area contributed by atoms with E-state index in [1.165, 1.54) is 0 Å². The summed E-state index contributed by atoms with van der Waals surface area (Å²) in [6.07, 6.45) is 0. The number of rotatable bonds is 5. The summed E-state index contributed by atoms with van der Waals surface area (Å²) in [5, 5.41) is 6.02. The van der Waals surface area contributed by atoms with Gasteiger partial charge >= 0.3 is 0 Å². The molecule has 0 spiro atoms. The fraction of sp³-hybridized carbons (Fsp3) is 0.533. The molecule has 0 aliphatic heterocycles. The van der Waals surface area contributed by atoms with Crippen LogP contribution in [0.25, 0.3) is 0 Å². The van der Waals surface area contributed by atoms with Crippen LogP contribution in [0.4, 0.5) is 5.69 Å². The number of amides is 1. The van der Waals surface area contributed by atoms with Crippen molar-refractivity contribution in [2.75, 3.05) is 26.1 Å². The summed E-state index contributed by atoms with van der Waals surface area (Å²) in [7, 11) is 3.16. The predicted molar refractivity (Wildman–Crippen MR) is 80.7 cm³/mol. The van der Waals surface area contributed by atoms with Gasteiger partial charge in [-0.1, -0.05) is 0 Å². The number of carbonyl (C=O) groups excluding carboxylic acids is 1. The van der Waals surface area contributed by atoms with Gasteiger partial charge in [0, 0.05) is 17.3 Å².